The Labute approximate surface area is 199 Å². The van der Waals surface area contributed by atoms with Crippen molar-refractivity contribution in [2.75, 3.05) is 17.2 Å². The largest absolute Gasteiger partial charge is 0.484 e. The Morgan fingerprint density at radius 2 is 1.68 bits per heavy atom. The van der Waals surface area contributed by atoms with Crippen molar-refractivity contribution in [3.8, 4) is 11.8 Å². The van der Waals surface area contributed by atoms with E-state index in [2.05, 4.69) is 10.6 Å². The first kappa shape index (κ1) is 24.3. The lowest BCUT2D eigenvalue weighted by molar-refractivity contribution is -0.118. The van der Waals surface area contributed by atoms with Gasteiger partial charge in [0.1, 0.15) is 17.4 Å². The second-order valence-corrected chi connectivity index (χ2v) is 8.10. The van der Waals surface area contributed by atoms with Gasteiger partial charge in [-0.2, -0.15) is 5.26 Å². The molecule has 3 aromatic carbocycles. The van der Waals surface area contributed by atoms with Crippen LogP contribution in [-0.4, -0.2) is 18.4 Å². The number of carbonyl (C=O) groups excluding carboxylic acids is 2. The lowest BCUT2D eigenvalue weighted by Gasteiger charge is -2.11. The molecule has 0 saturated carbocycles. The monoisotopic (exact) mass is 453 g/mol. The van der Waals surface area contributed by atoms with Crippen LogP contribution in [0.1, 0.15) is 27.8 Å². The van der Waals surface area contributed by atoms with Crippen molar-refractivity contribution in [2.24, 2.45) is 0 Å². The number of nitrogens with zero attached hydrogens (tertiary/aromatic N) is 1. The molecule has 0 aliphatic rings. The predicted octanol–water partition coefficient (Wildman–Crippen LogP) is 5.48. The second kappa shape index (κ2) is 11.0. The lowest BCUT2D eigenvalue weighted by atomic mass is 10.1. The van der Waals surface area contributed by atoms with Crippen molar-refractivity contribution in [3.63, 3.8) is 0 Å². The Bertz CT molecular complexity index is 1300. The van der Waals surface area contributed by atoms with E-state index in [4.69, 9.17) is 4.74 Å². The van der Waals surface area contributed by atoms with Crippen molar-refractivity contribution >= 4 is 29.3 Å². The molecule has 34 heavy (non-hydrogen) atoms. The van der Waals surface area contributed by atoms with E-state index in [1.165, 1.54) is 6.08 Å². The van der Waals surface area contributed by atoms with Crippen LogP contribution in [0.15, 0.2) is 66.2 Å². The van der Waals surface area contributed by atoms with Gasteiger partial charge in [-0.1, -0.05) is 42.0 Å². The Morgan fingerprint density at radius 3 is 2.41 bits per heavy atom. The van der Waals surface area contributed by atoms with Gasteiger partial charge in [0, 0.05) is 11.4 Å². The molecule has 0 aliphatic carbocycles. The number of rotatable bonds is 7. The first-order valence-corrected chi connectivity index (χ1v) is 10.9. The third-order valence-corrected chi connectivity index (χ3v) is 5.41. The highest BCUT2D eigenvalue weighted by Crippen LogP contribution is 2.20. The van der Waals surface area contributed by atoms with Crippen LogP contribution < -0.4 is 15.4 Å². The van der Waals surface area contributed by atoms with Crippen LogP contribution in [0, 0.1) is 39.0 Å². The third kappa shape index (κ3) is 6.33. The van der Waals surface area contributed by atoms with Crippen LogP contribution in [0.25, 0.3) is 6.08 Å². The molecule has 2 amide bonds. The van der Waals surface area contributed by atoms with E-state index in [1.54, 1.807) is 24.3 Å². The Morgan fingerprint density at radius 1 is 0.912 bits per heavy atom. The number of carbonyl (C=O) groups is 2. The summed E-state index contributed by atoms with van der Waals surface area (Å²) in [6.07, 6.45) is 1.49. The Hall–Kier alpha value is -4.37. The van der Waals surface area contributed by atoms with Gasteiger partial charge < -0.3 is 15.4 Å². The van der Waals surface area contributed by atoms with Gasteiger partial charge in [-0.05, 0) is 80.3 Å². The summed E-state index contributed by atoms with van der Waals surface area (Å²) in [4.78, 5) is 24.9. The van der Waals surface area contributed by atoms with Gasteiger partial charge in [-0.3, -0.25) is 9.59 Å². The van der Waals surface area contributed by atoms with Gasteiger partial charge in [0.2, 0.25) is 0 Å². The molecule has 0 radical (unpaired) electrons. The molecule has 0 heterocycles. The van der Waals surface area contributed by atoms with Gasteiger partial charge >= 0.3 is 0 Å². The predicted molar refractivity (Wildman–Crippen MR) is 135 cm³/mol. The van der Waals surface area contributed by atoms with Gasteiger partial charge in [0.15, 0.2) is 6.61 Å². The summed E-state index contributed by atoms with van der Waals surface area (Å²) in [5, 5.41) is 15.1. The highest BCUT2D eigenvalue weighted by molar-refractivity contribution is 6.10. The number of nitrogens with one attached hydrogen (secondary N) is 2. The molecular formula is C28H27N3O3. The van der Waals surface area contributed by atoms with E-state index >= 15 is 0 Å². The molecule has 0 aliphatic heterocycles. The van der Waals surface area contributed by atoms with Crippen molar-refractivity contribution in [3.05, 3.63) is 94.1 Å². The topological polar surface area (TPSA) is 91.2 Å². The van der Waals surface area contributed by atoms with Crippen LogP contribution in [0.3, 0.4) is 0 Å². The van der Waals surface area contributed by atoms with E-state index in [9.17, 15) is 14.9 Å². The molecule has 6 nitrogen and oxygen atoms in total. The first-order chi connectivity index (χ1) is 16.3. The number of hydrogen-bond donors (Lipinski definition) is 2. The van der Waals surface area contributed by atoms with E-state index in [1.807, 2.05) is 70.2 Å². The van der Waals surface area contributed by atoms with Crippen molar-refractivity contribution in [1.82, 2.24) is 0 Å². The normalized spacial score (nSPS) is 10.9. The maximum atomic E-state index is 12.6. The molecule has 0 fully saturated rings. The van der Waals surface area contributed by atoms with Crippen molar-refractivity contribution in [1.29, 1.82) is 5.26 Å². The van der Waals surface area contributed by atoms with Crippen LogP contribution in [-0.2, 0) is 9.59 Å². The molecule has 6 heteroatoms. The van der Waals surface area contributed by atoms with Gasteiger partial charge in [0.25, 0.3) is 11.8 Å². The summed E-state index contributed by atoms with van der Waals surface area (Å²) in [6, 6.07) is 20.2. The van der Waals surface area contributed by atoms with Crippen molar-refractivity contribution in [2.45, 2.75) is 27.7 Å². The fourth-order valence-corrected chi connectivity index (χ4v) is 3.37. The first-order valence-electron chi connectivity index (χ1n) is 10.9. The van der Waals surface area contributed by atoms with Crippen molar-refractivity contribution < 1.29 is 14.3 Å². The second-order valence-electron chi connectivity index (χ2n) is 8.10. The van der Waals surface area contributed by atoms with Crippen LogP contribution in [0.2, 0.25) is 0 Å². The minimum absolute atomic E-state index is 0.0372. The zero-order valence-electron chi connectivity index (χ0n) is 19.7. The molecule has 172 valence electrons. The lowest BCUT2D eigenvalue weighted by Crippen LogP contribution is -2.20. The highest BCUT2D eigenvalue weighted by Gasteiger charge is 2.12. The van der Waals surface area contributed by atoms with Gasteiger partial charge in [0.05, 0.1) is 0 Å². The summed E-state index contributed by atoms with van der Waals surface area (Å²) in [7, 11) is 0. The number of benzene rings is 3. The summed E-state index contributed by atoms with van der Waals surface area (Å²) in [6.45, 7) is 7.64. The maximum absolute atomic E-state index is 12.6. The zero-order chi connectivity index (χ0) is 24.7. The minimum atomic E-state index is -0.492. The highest BCUT2D eigenvalue weighted by atomic mass is 16.5. The molecule has 3 rings (SSSR count). The number of amides is 2. The number of aryl methyl sites for hydroxylation is 3. The molecule has 3 aromatic rings. The molecule has 0 spiro atoms. The van der Waals surface area contributed by atoms with Crippen LogP contribution in [0.4, 0.5) is 11.4 Å². The SMILES string of the molecule is Cc1ccc(NC(=O)/C(C#N)=C/c2cccc(OCC(=O)Nc3cccc(C)c3C)c2)c(C)c1. The number of hydrogen-bond acceptors (Lipinski definition) is 4. The van der Waals surface area contributed by atoms with E-state index < -0.39 is 5.91 Å². The smallest absolute Gasteiger partial charge is 0.266 e. The van der Waals surface area contributed by atoms with Gasteiger partial charge in [-0.15, -0.1) is 0 Å². The number of nitriles is 1. The van der Waals surface area contributed by atoms with Crippen LogP contribution >= 0.6 is 0 Å². The fraction of sp³-hybridized carbons (Fsp3) is 0.179. The number of ether oxygens (including phenoxy) is 1. The molecule has 0 unspecified atom stereocenters. The van der Waals surface area contributed by atoms with E-state index in [0.717, 1.165) is 27.9 Å². The molecule has 0 bridgehead atoms. The summed E-state index contributed by atoms with van der Waals surface area (Å²) < 4.78 is 5.62. The Kier molecular flexibility index (Phi) is 7.83. The zero-order valence-corrected chi connectivity index (χ0v) is 19.7. The molecule has 2 N–H and O–H groups in total. The average Bonchev–Trinajstić information content (AvgIpc) is 2.81. The van der Waals surface area contributed by atoms with E-state index in [-0.39, 0.29) is 18.1 Å². The average molecular weight is 454 g/mol. The van der Waals surface area contributed by atoms with Crippen LogP contribution in [0.5, 0.6) is 5.75 Å². The summed E-state index contributed by atoms with van der Waals surface area (Å²) in [5.74, 6) is -0.314. The quantitative estimate of drug-likeness (QED) is 0.366. The van der Waals surface area contributed by atoms with E-state index in [0.29, 0.717) is 17.0 Å². The molecule has 0 aromatic heterocycles. The maximum Gasteiger partial charge on any atom is 0.266 e. The fourth-order valence-electron chi connectivity index (χ4n) is 3.37. The summed E-state index contributed by atoms with van der Waals surface area (Å²) in [5.41, 5.74) is 6.08. The Balaban J connectivity index is 1.66. The summed E-state index contributed by atoms with van der Waals surface area (Å²) >= 11 is 0. The number of anilines is 2. The molecular weight excluding hydrogens is 426 g/mol. The molecule has 0 saturated heterocycles. The standard InChI is InChI=1S/C28H27N3O3/c1-18-11-12-25(20(3)13-18)31-28(33)23(16-29)14-22-8-6-9-24(15-22)34-17-27(32)30-26-10-5-7-19(2)21(26)4/h5-15H,17H2,1-4H3,(H,30,32)(H,31,33)/b23-14+. The van der Waals surface area contributed by atoms with Gasteiger partial charge in [-0.25, -0.2) is 0 Å². The minimum Gasteiger partial charge on any atom is -0.484 e. The molecule has 0 atom stereocenters. The third-order valence-electron chi connectivity index (χ3n) is 5.41.